The Morgan fingerprint density at radius 3 is 3.00 bits per heavy atom. The van der Waals surface area contributed by atoms with Crippen LogP contribution in [0.15, 0.2) is 12.4 Å². The molecule has 21 heavy (non-hydrogen) atoms. The standard InChI is InChI=1S/C14H19N5OS/c1-9-12(14(20)19(3)11-4-5-15-7-11)21-13(17-9)10-6-16-18(2)8-10/h6,8,11,15H,4-5,7H2,1-3H3. The molecular weight excluding hydrogens is 286 g/mol. The second kappa shape index (κ2) is 5.57. The fourth-order valence-electron chi connectivity index (χ4n) is 2.55. The summed E-state index contributed by atoms with van der Waals surface area (Å²) < 4.78 is 1.74. The number of aryl methyl sites for hydroxylation is 2. The van der Waals surface area contributed by atoms with E-state index >= 15 is 0 Å². The summed E-state index contributed by atoms with van der Waals surface area (Å²) in [5, 5.41) is 8.29. The molecule has 0 aromatic carbocycles. The molecule has 1 amide bonds. The summed E-state index contributed by atoms with van der Waals surface area (Å²) in [4.78, 5) is 19.7. The molecule has 1 N–H and O–H groups in total. The van der Waals surface area contributed by atoms with Crippen LogP contribution in [0.1, 0.15) is 21.8 Å². The minimum absolute atomic E-state index is 0.0637. The number of hydrogen-bond acceptors (Lipinski definition) is 5. The first-order chi connectivity index (χ1) is 10.1. The smallest absolute Gasteiger partial charge is 0.265 e. The number of nitrogens with one attached hydrogen (secondary N) is 1. The maximum absolute atomic E-state index is 12.7. The SMILES string of the molecule is Cc1nc(-c2cnn(C)c2)sc1C(=O)N(C)C1CCNC1. The third kappa shape index (κ3) is 2.71. The molecule has 2 aromatic rings. The predicted molar refractivity (Wildman–Crippen MR) is 82.4 cm³/mol. The van der Waals surface area contributed by atoms with Crippen molar-refractivity contribution in [2.45, 2.75) is 19.4 Å². The van der Waals surface area contributed by atoms with Gasteiger partial charge in [-0.05, 0) is 19.9 Å². The van der Waals surface area contributed by atoms with Crippen LogP contribution in [0.4, 0.5) is 0 Å². The van der Waals surface area contributed by atoms with Gasteiger partial charge in [-0.25, -0.2) is 4.98 Å². The number of aromatic nitrogens is 3. The van der Waals surface area contributed by atoms with Gasteiger partial charge in [0.2, 0.25) is 0 Å². The summed E-state index contributed by atoms with van der Waals surface area (Å²) >= 11 is 1.45. The Morgan fingerprint density at radius 2 is 2.38 bits per heavy atom. The molecule has 6 nitrogen and oxygen atoms in total. The molecule has 3 rings (SSSR count). The van der Waals surface area contributed by atoms with Gasteiger partial charge in [0.25, 0.3) is 5.91 Å². The molecule has 1 unspecified atom stereocenters. The molecule has 3 heterocycles. The van der Waals surface area contributed by atoms with Crippen LogP contribution in [0.3, 0.4) is 0 Å². The molecule has 0 saturated carbocycles. The van der Waals surface area contributed by atoms with Gasteiger partial charge in [-0.1, -0.05) is 0 Å². The predicted octanol–water partition coefficient (Wildman–Crippen LogP) is 1.29. The molecular formula is C14H19N5OS. The lowest BCUT2D eigenvalue weighted by atomic mass is 10.2. The summed E-state index contributed by atoms with van der Waals surface area (Å²) in [5.41, 5.74) is 1.75. The molecule has 0 spiro atoms. The molecule has 1 atom stereocenters. The highest BCUT2D eigenvalue weighted by Gasteiger charge is 2.27. The lowest BCUT2D eigenvalue weighted by molar-refractivity contribution is 0.0747. The van der Waals surface area contributed by atoms with E-state index < -0.39 is 0 Å². The number of carbonyl (C=O) groups excluding carboxylic acids is 1. The van der Waals surface area contributed by atoms with Crippen LogP contribution in [-0.2, 0) is 7.05 Å². The monoisotopic (exact) mass is 305 g/mol. The molecule has 2 aromatic heterocycles. The first-order valence-corrected chi connectivity index (χ1v) is 7.82. The summed E-state index contributed by atoms with van der Waals surface area (Å²) in [6.45, 7) is 3.74. The van der Waals surface area contributed by atoms with Crippen molar-refractivity contribution in [1.82, 2.24) is 25.0 Å². The number of thiazole rings is 1. The van der Waals surface area contributed by atoms with Crippen molar-refractivity contribution >= 4 is 17.2 Å². The zero-order valence-corrected chi connectivity index (χ0v) is 13.3. The van der Waals surface area contributed by atoms with Crippen LogP contribution in [-0.4, -0.2) is 51.8 Å². The third-order valence-corrected chi connectivity index (χ3v) is 5.04. The minimum atomic E-state index is 0.0637. The number of amides is 1. The van der Waals surface area contributed by atoms with Gasteiger partial charge in [-0.3, -0.25) is 9.48 Å². The van der Waals surface area contributed by atoms with E-state index in [-0.39, 0.29) is 11.9 Å². The largest absolute Gasteiger partial charge is 0.337 e. The lowest BCUT2D eigenvalue weighted by Gasteiger charge is -2.23. The van der Waals surface area contributed by atoms with Crippen molar-refractivity contribution < 1.29 is 4.79 Å². The van der Waals surface area contributed by atoms with E-state index in [2.05, 4.69) is 15.4 Å². The number of carbonyl (C=O) groups is 1. The van der Waals surface area contributed by atoms with Crippen molar-refractivity contribution in [2.24, 2.45) is 7.05 Å². The third-order valence-electron chi connectivity index (χ3n) is 3.85. The number of likely N-dealkylation sites (N-methyl/N-ethyl adjacent to an activating group) is 1. The Balaban J connectivity index is 1.85. The molecule has 0 bridgehead atoms. The molecule has 7 heteroatoms. The quantitative estimate of drug-likeness (QED) is 0.928. The van der Waals surface area contributed by atoms with Crippen molar-refractivity contribution in [3.63, 3.8) is 0 Å². The lowest BCUT2D eigenvalue weighted by Crippen LogP contribution is -2.38. The first kappa shape index (κ1) is 14.2. The van der Waals surface area contributed by atoms with E-state index in [1.54, 1.807) is 10.9 Å². The number of nitrogens with zero attached hydrogens (tertiary/aromatic N) is 4. The molecule has 1 aliphatic rings. The topological polar surface area (TPSA) is 63.1 Å². The van der Waals surface area contributed by atoms with Gasteiger partial charge in [-0.15, -0.1) is 11.3 Å². The fraction of sp³-hybridized carbons (Fsp3) is 0.500. The van der Waals surface area contributed by atoms with Gasteiger partial charge in [0.1, 0.15) is 9.88 Å². The summed E-state index contributed by atoms with van der Waals surface area (Å²) in [7, 11) is 3.75. The Morgan fingerprint density at radius 1 is 1.57 bits per heavy atom. The van der Waals surface area contributed by atoms with Gasteiger partial charge in [0.15, 0.2) is 0 Å². The number of hydrogen-bond donors (Lipinski definition) is 1. The highest BCUT2D eigenvalue weighted by molar-refractivity contribution is 7.17. The first-order valence-electron chi connectivity index (χ1n) is 7.00. The van der Waals surface area contributed by atoms with Crippen LogP contribution in [0.2, 0.25) is 0 Å². The summed E-state index contributed by atoms with van der Waals surface area (Å²) in [6, 6.07) is 0.279. The van der Waals surface area contributed by atoms with Gasteiger partial charge >= 0.3 is 0 Å². The average Bonchev–Trinajstić information content (AvgIpc) is 3.17. The zero-order valence-electron chi connectivity index (χ0n) is 12.5. The van der Waals surface area contributed by atoms with Crippen LogP contribution >= 0.6 is 11.3 Å². The molecule has 112 valence electrons. The fourth-order valence-corrected chi connectivity index (χ4v) is 3.57. The van der Waals surface area contributed by atoms with Gasteiger partial charge < -0.3 is 10.2 Å². The van der Waals surface area contributed by atoms with E-state index in [9.17, 15) is 4.79 Å². The van der Waals surface area contributed by atoms with Crippen molar-refractivity contribution in [3.8, 4) is 10.6 Å². The Bertz CT molecular complexity index is 656. The van der Waals surface area contributed by atoms with E-state index in [0.29, 0.717) is 0 Å². The van der Waals surface area contributed by atoms with Crippen LogP contribution in [0, 0.1) is 6.92 Å². The van der Waals surface area contributed by atoms with Crippen LogP contribution in [0.25, 0.3) is 10.6 Å². The van der Waals surface area contributed by atoms with Gasteiger partial charge in [0, 0.05) is 38.4 Å². The second-order valence-corrected chi connectivity index (χ2v) is 6.40. The molecule has 1 saturated heterocycles. The average molecular weight is 305 g/mol. The van der Waals surface area contributed by atoms with Crippen LogP contribution < -0.4 is 5.32 Å². The minimum Gasteiger partial charge on any atom is -0.337 e. The molecule has 1 fully saturated rings. The van der Waals surface area contributed by atoms with Crippen molar-refractivity contribution in [1.29, 1.82) is 0 Å². The van der Waals surface area contributed by atoms with Gasteiger partial charge in [-0.2, -0.15) is 5.10 Å². The Kier molecular flexibility index (Phi) is 3.77. The van der Waals surface area contributed by atoms with E-state index in [1.807, 2.05) is 32.1 Å². The molecule has 1 aliphatic heterocycles. The summed E-state index contributed by atoms with van der Waals surface area (Å²) in [6.07, 6.45) is 4.70. The van der Waals surface area contributed by atoms with Crippen molar-refractivity contribution in [3.05, 3.63) is 23.0 Å². The molecule has 0 radical (unpaired) electrons. The Labute approximate surface area is 127 Å². The Hall–Kier alpha value is -1.73. The van der Waals surface area contributed by atoms with E-state index in [0.717, 1.165) is 40.7 Å². The normalized spacial score (nSPS) is 18.1. The van der Waals surface area contributed by atoms with E-state index in [1.165, 1.54) is 11.3 Å². The maximum atomic E-state index is 12.7. The molecule has 0 aliphatic carbocycles. The van der Waals surface area contributed by atoms with Gasteiger partial charge in [0.05, 0.1) is 11.9 Å². The summed E-state index contributed by atoms with van der Waals surface area (Å²) in [5.74, 6) is 0.0637. The van der Waals surface area contributed by atoms with Crippen molar-refractivity contribution in [2.75, 3.05) is 20.1 Å². The zero-order chi connectivity index (χ0) is 15.0. The highest BCUT2D eigenvalue weighted by atomic mass is 32.1. The van der Waals surface area contributed by atoms with Crippen LogP contribution in [0.5, 0.6) is 0 Å². The van der Waals surface area contributed by atoms with E-state index in [4.69, 9.17) is 0 Å². The number of rotatable bonds is 3. The second-order valence-electron chi connectivity index (χ2n) is 5.40. The maximum Gasteiger partial charge on any atom is 0.265 e. The highest BCUT2D eigenvalue weighted by Crippen LogP contribution is 2.28.